The zero-order valence-corrected chi connectivity index (χ0v) is 14.5. The van der Waals surface area contributed by atoms with Gasteiger partial charge in [-0.05, 0) is 46.9 Å². The highest BCUT2D eigenvalue weighted by atomic mass is 15.2. The van der Waals surface area contributed by atoms with E-state index < -0.39 is 0 Å². The number of rotatable bonds is 5. The van der Waals surface area contributed by atoms with E-state index in [0.29, 0.717) is 29.5 Å². The lowest BCUT2D eigenvalue weighted by Crippen LogP contribution is -2.47. The molecule has 0 unspecified atom stereocenters. The molecule has 3 rings (SSSR count). The SMILES string of the molecule is CC(C)Nc1nc(C#N)cc2cnc(N[C@H]3C[C@H](N(C)C)C3)nc12. The summed E-state index contributed by atoms with van der Waals surface area (Å²) in [6.07, 6.45) is 3.94. The monoisotopic (exact) mass is 325 g/mol. The fourth-order valence-corrected chi connectivity index (χ4v) is 2.85. The van der Waals surface area contributed by atoms with E-state index in [2.05, 4.69) is 50.6 Å². The van der Waals surface area contributed by atoms with Crippen molar-refractivity contribution in [3.05, 3.63) is 18.0 Å². The van der Waals surface area contributed by atoms with Crippen LogP contribution in [0.5, 0.6) is 0 Å². The second kappa shape index (κ2) is 6.57. The smallest absolute Gasteiger partial charge is 0.223 e. The normalized spacial score (nSPS) is 20.0. The number of hydrogen-bond acceptors (Lipinski definition) is 7. The van der Waals surface area contributed by atoms with Gasteiger partial charge in [-0.15, -0.1) is 0 Å². The molecule has 0 radical (unpaired) electrons. The molecule has 0 spiro atoms. The Morgan fingerprint density at radius 1 is 1.29 bits per heavy atom. The van der Waals surface area contributed by atoms with Crippen LogP contribution in [-0.2, 0) is 0 Å². The molecule has 7 nitrogen and oxygen atoms in total. The van der Waals surface area contributed by atoms with Crippen molar-refractivity contribution in [2.24, 2.45) is 0 Å². The fraction of sp³-hybridized carbons (Fsp3) is 0.529. The van der Waals surface area contributed by atoms with Crippen LogP contribution in [-0.4, -0.2) is 52.1 Å². The van der Waals surface area contributed by atoms with Crippen LogP contribution in [0.15, 0.2) is 12.3 Å². The molecule has 2 heterocycles. The van der Waals surface area contributed by atoms with Gasteiger partial charge < -0.3 is 15.5 Å². The summed E-state index contributed by atoms with van der Waals surface area (Å²) >= 11 is 0. The van der Waals surface area contributed by atoms with Crippen LogP contribution in [0.4, 0.5) is 11.8 Å². The Kier molecular flexibility index (Phi) is 4.49. The highest BCUT2D eigenvalue weighted by molar-refractivity contribution is 5.89. The van der Waals surface area contributed by atoms with E-state index in [1.54, 1.807) is 12.3 Å². The summed E-state index contributed by atoms with van der Waals surface area (Å²) in [7, 11) is 4.21. The second-order valence-electron chi connectivity index (χ2n) is 6.83. The first kappa shape index (κ1) is 16.4. The summed E-state index contributed by atoms with van der Waals surface area (Å²) in [5, 5.41) is 16.6. The van der Waals surface area contributed by atoms with Crippen LogP contribution in [0.2, 0.25) is 0 Å². The fourth-order valence-electron chi connectivity index (χ4n) is 2.85. The zero-order chi connectivity index (χ0) is 17.3. The van der Waals surface area contributed by atoms with Crippen molar-refractivity contribution in [1.29, 1.82) is 5.26 Å². The average molecular weight is 325 g/mol. The maximum Gasteiger partial charge on any atom is 0.223 e. The molecule has 0 atom stereocenters. The predicted molar refractivity (Wildman–Crippen MR) is 94.9 cm³/mol. The van der Waals surface area contributed by atoms with Crippen LogP contribution in [0.3, 0.4) is 0 Å². The van der Waals surface area contributed by atoms with Crippen LogP contribution in [0, 0.1) is 11.3 Å². The van der Waals surface area contributed by atoms with Gasteiger partial charge in [-0.2, -0.15) is 5.26 Å². The lowest BCUT2D eigenvalue weighted by atomic mass is 9.86. The molecule has 0 bridgehead atoms. The molecule has 1 aliphatic rings. The van der Waals surface area contributed by atoms with Gasteiger partial charge in [0, 0.05) is 29.7 Å². The summed E-state index contributed by atoms with van der Waals surface area (Å²) in [5.41, 5.74) is 1.10. The number of nitriles is 1. The minimum atomic E-state index is 0.202. The molecule has 0 aliphatic heterocycles. The van der Waals surface area contributed by atoms with Crippen LogP contribution in [0.25, 0.3) is 10.9 Å². The predicted octanol–water partition coefficient (Wildman–Crippen LogP) is 2.22. The molecular weight excluding hydrogens is 302 g/mol. The van der Waals surface area contributed by atoms with Crippen molar-refractivity contribution in [1.82, 2.24) is 19.9 Å². The Bertz CT molecular complexity index is 772. The first-order valence-corrected chi connectivity index (χ1v) is 8.23. The molecule has 1 fully saturated rings. The molecule has 7 heteroatoms. The third-order valence-corrected chi connectivity index (χ3v) is 4.28. The summed E-state index contributed by atoms with van der Waals surface area (Å²) in [4.78, 5) is 15.6. The first-order chi connectivity index (χ1) is 11.5. The zero-order valence-electron chi connectivity index (χ0n) is 14.5. The molecule has 0 saturated heterocycles. The maximum atomic E-state index is 9.14. The molecule has 0 amide bonds. The minimum Gasteiger partial charge on any atom is -0.366 e. The highest BCUT2D eigenvalue weighted by Crippen LogP contribution is 2.27. The molecule has 1 aliphatic carbocycles. The number of aromatic nitrogens is 3. The van der Waals surface area contributed by atoms with E-state index in [9.17, 15) is 0 Å². The Morgan fingerprint density at radius 3 is 2.67 bits per heavy atom. The van der Waals surface area contributed by atoms with Gasteiger partial charge in [0.15, 0.2) is 5.82 Å². The quantitative estimate of drug-likeness (QED) is 0.871. The van der Waals surface area contributed by atoms with Gasteiger partial charge in [0.1, 0.15) is 17.3 Å². The third kappa shape index (κ3) is 3.39. The van der Waals surface area contributed by atoms with Gasteiger partial charge in [0.05, 0.1) is 0 Å². The van der Waals surface area contributed by atoms with Gasteiger partial charge in [0.2, 0.25) is 5.95 Å². The molecule has 126 valence electrons. The molecule has 2 aromatic rings. The Morgan fingerprint density at radius 2 is 2.04 bits per heavy atom. The van der Waals surface area contributed by atoms with Crippen molar-refractivity contribution in [2.75, 3.05) is 24.7 Å². The van der Waals surface area contributed by atoms with E-state index >= 15 is 0 Å². The highest BCUT2D eigenvalue weighted by Gasteiger charge is 2.30. The lowest BCUT2D eigenvalue weighted by molar-refractivity contribution is 0.177. The number of fused-ring (bicyclic) bond motifs is 1. The summed E-state index contributed by atoms with van der Waals surface area (Å²) in [5.74, 6) is 1.24. The molecule has 1 saturated carbocycles. The van der Waals surface area contributed by atoms with Gasteiger partial charge in [-0.25, -0.2) is 15.0 Å². The van der Waals surface area contributed by atoms with Crippen molar-refractivity contribution < 1.29 is 0 Å². The minimum absolute atomic E-state index is 0.202. The van der Waals surface area contributed by atoms with Gasteiger partial charge >= 0.3 is 0 Å². The van der Waals surface area contributed by atoms with E-state index in [1.165, 1.54) is 0 Å². The summed E-state index contributed by atoms with van der Waals surface area (Å²) in [6, 6.07) is 5.04. The molecular formula is C17H23N7. The standard InChI is InChI=1S/C17H23N7/c1-10(2)20-16-15-11(5-13(8-18)21-16)9-19-17(23-15)22-12-6-14(7-12)24(3)4/h5,9-10,12,14H,6-7H2,1-4H3,(H,20,21)(H,19,22,23)/t12-,14-. The van der Waals surface area contributed by atoms with Gasteiger partial charge in [0.25, 0.3) is 0 Å². The Balaban J connectivity index is 1.85. The number of anilines is 2. The van der Waals surface area contributed by atoms with Crippen molar-refractivity contribution in [3.63, 3.8) is 0 Å². The van der Waals surface area contributed by atoms with Crippen molar-refractivity contribution >= 4 is 22.7 Å². The van der Waals surface area contributed by atoms with E-state index in [4.69, 9.17) is 5.26 Å². The van der Waals surface area contributed by atoms with Crippen molar-refractivity contribution in [3.8, 4) is 6.07 Å². The summed E-state index contributed by atoms with van der Waals surface area (Å²) in [6.45, 7) is 4.06. The molecule has 24 heavy (non-hydrogen) atoms. The van der Waals surface area contributed by atoms with E-state index in [1.807, 2.05) is 13.8 Å². The Hall–Kier alpha value is -2.46. The summed E-state index contributed by atoms with van der Waals surface area (Å²) < 4.78 is 0. The van der Waals surface area contributed by atoms with Crippen LogP contribution in [0.1, 0.15) is 32.4 Å². The van der Waals surface area contributed by atoms with E-state index in [0.717, 1.165) is 23.7 Å². The largest absolute Gasteiger partial charge is 0.366 e. The Labute approximate surface area is 142 Å². The first-order valence-electron chi connectivity index (χ1n) is 8.23. The van der Waals surface area contributed by atoms with Gasteiger partial charge in [-0.1, -0.05) is 0 Å². The number of nitrogens with one attached hydrogen (secondary N) is 2. The number of hydrogen-bond donors (Lipinski definition) is 2. The van der Waals surface area contributed by atoms with Gasteiger partial charge in [-0.3, -0.25) is 0 Å². The topological polar surface area (TPSA) is 89.8 Å². The van der Waals surface area contributed by atoms with E-state index in [-0.39, 0.29) is 6.04 Å². The van der Waals surface area contributed by atoms with Crippen LogP contribution >= 0.6 is 0 Å². The number of nitrogens with zero attached hydrogens (tertiary/aromatic N) is 5. The van der Waals surface area contributed by atoms with Crippen molar-refractivity contribution in [2.45, 2.75) is 44.8 Å². The second-order valence-corrected chi connectivity index (χ2v) is 6.83. The molecule has 0 aromatic carbocycles. The van der Waals surface area contributed by atoms with Crippen LogP contribution < -0.4 is 10.6 Å². The number of pyridine rings is 1. The third-order valence-electron chi connectivity index (χ3n) is 4.28. The average Bonchev–Trinajstić information content (AvgIpc) is 2.49. The molecule has 2 N–H and O–H groups in total. The lowest BCUT2D eigenvalue weighted by Gasteiger charge is -2.39. The maximum absolute atomic E-state index is 9.14. The molecule has 2 aromatic heterocycles.